The Morgan fingerprint density at radius 1 is 1.24 bits per heavy atom. The van der Waals surface area contributed by atoms with Crippen molar-refractivity contribution in [2.75, 3.05) is 7.05 Å². The van der Waals surface area contributed by atoms with E-state index in [0.717, 1.165) is 25.3 Å². The minimum Gasteiger partial charge on any atom is -0.306 e. The van der Waals surface area contributed by atoms with Gasteiger partial charge in [-0.3, -0.25) is 0 Å². The molecule has 0 rings (SSSR count). The lowest BCUT2D eigenvalue weighted by Crippen LogP contribution is -2.38. The van der Waals surface area contributed by atoms with Gasteiger partial charge in [-0.05, 0) is 19.9 Å². The normalized spacial score (nSPS) is 13.5. The molecular weight excluding hydrogens is 227 g/mol. The molecule has 0 radical (unpaired) electrons. The molecule has 1 atom stereocenters. The fraction of sp³-hybridized carbons (Fsp3) is 0.692. The summed E-state index contributed by atoms with van der Waals surface area (Å²) in [6.45, 7) is 2.10. The quantitative estimate of drug-likeness (QED) is 0.429. The van der Waals surface area contributed by atoms with Gasteiger partial charge in [0.1, 0.15) is 6.04 Å². The van der Waals surface area contributed by atoms with Crippen molar-refractivity contribution >= 4 is 0 Å². The molecule has 0 aliphatic carbocycles. The van der Waals surface area contributed by atoms with Crippen molar-refractivity contribution in [1.29, 1.82) is 0 Å². The zero-order valence-corrected chi connectivity index (χ0v) is 10.4. The summed E-state index contributed by atoms with van der Waals surface area (Å²) in [5, 5.41) is 2.21. The van der Waals surface area contributed by atoms with E-state index in [1.807, 2.05) is 0 Å². The van der Waals surface area contributed by atoms with E-state index < -0.39 is 12.2 Å². The van der Waals surface area contributed by atoms with Gasteiger partial charge in [0.15, 0.2) is 0 Å². The van der Waals surface area contributed by atoms with Crippen LogP contribution in [-0.2, 0) is 0 Å². The van der Waals surface area contributed by atoms with E-state index in [9.17, 15) is 13.2 Å². The van der Waals surface area contributed by atoms with E-state index >= 15 is 0 Å². The Labute approximate surface area is 101 Å². The molecule has 1 unspecified atom stereocenters. The fourth-order valence-electron chi connectivity index (χ4n) is 1.20. The molecule has 98 valence electrons. The summed E-state index contributed by atoms with van der Waals surface area (Å²) >= 11 is 0. The zero-order chi connectivity index (χ0) is 13.1. The standard InChI is InChI=1S/C13H20F3N/c1-3-4-5-6-7-8-9-10-11-12(17-2)13(14,15)16/h10-12,17H,3-5,8-9H2,1-2H3/b11-10+. The SMILES string of the molecule is CCCCC#CCC/C=C/C(NC)C(F)(F)F. The van der Waals surface area contributed by atoms with E-state index in [1.165, 1.54) is 13.1 Å². The molecule has 1 nitrogen and oxygen atoms in total. The van der Waals surface area contributed by atoms with Crippen LogP contribution in [0, 0.1) is 11.8 Å². The van der Waals surface area contributed by atoms with Crippen molar-refractivity contribution in [3.63, 3.8) is 0 Å². The van der Waals surface area contributed by atoms with Crippen LogP contribution in [0.25, 0.3) is 0 Å². The summed E-state index contributed by atoms with van der Waals surface area (Å²) in [7, 11) is 1.30. The van der Waals surface area contributed by atoms with Crippen molar-refractivity contribution in [1.82, 2.24) is 5.32 Å². The van der Waals surface area contributed by atoms with Crippen LogP contribution in [0.4, 0.5) is 13.2 Å². The first-order valence-corrected chi connectivity index (χ1v) is 5.88. The number of hydrogen-bond acceptors (Lipinski definition) is 1. The molecule has 0 bridgehead atoms. The summed E-state index contributed by atoms with van der Waals surface area (Å²) in [5.41, 5.74) is 0. The summed E-state index contributed by atoms with van der Waals surface area (Å²) in [4.78, 5) is 0. The average molecular weight is 247 g/mol. The number of rotatable bonds is 6. The fourth-order valence-corrected chi connectivity index (χ4v) is 1.20. The molecule has 0 saturated heterocycles. The highest BCUT2D eigenvalue weighted by molar-refractivity contribution is 5.02. The van der Waals surface area contributed by atoms with Crippen molar-refractivity contribution < 1.29 is 13.2 Å². The summed E-state index contributed by atoms with van der Waals surface area (Å²) in [6.07, 6.45) is 2.71. The Kier molecular flexibility index (Phi) is 8.61. The molecule has 0 aromatic carbocycles. The number of hydrogen-bond donors (Lipinski definition) is 1. The Balaban J connectivity index is 3.82. The maximum atomic E-state index is 12.3. The molecule has 0 heterocycles. The molecule has 0 aliphatic heterocycles. The summed E-state index contributed by atoms with van der Waals surface area (Å²) < 4.78 is 36.9. The van der Waals surface area contributed by atoms with Gasteiger partial charge in [0, 0.05) is 12.8 Å². The Morgan fingerprint density at radius 2 is 1.88 bits per heavy atom. The van der Waals surface area contributed by atoms with Crippen molar-refractivity contribution in [2.24, 2.45) is 0 Å². The predicted molar refractivity (Wildman–Crippen MR) is 64.6 cm³/mol. The average Bonchev–Trinajstić information content (AvgIpc) is 2.25. The van der Waals surface area contributed by atoms with Gasteiger partial charge >= 0.3 is 6.18 Å². The monoisotopic (exact) mass is 247 g/mol. The Bertz CT molecular complexity index is 271. The molecular formula is C13H20F3N. The summed E-state index contributed by atoms with van der Waals surface area (Å²) in [6, 6.07) is -1.56. The zero-order valence-electron chi connectivity index (χ0n) is 10.4. The van der Waals surface area contributed by atoms with Crippen LogP contribution < -0.4 is 5.32 Å². The first-order chi connectivity index (χ1) is 8.02. The van der Waals surface area contributed by atoms with E-state index in [4.69, 9.17) is 0 Å². The maximum absolute atomic E-state index is 12.3. The van der Waals surface area contributed by atoms with Crippen LogP contribution in [-0.4, -0.2) is 19.3 Å². The molecule has 0 fully saturated rings. The van der Waals surface area contributed by atoms with Gasteiger partial charge in [0.05, 0.1) is 0 Å². The lowest BCUT2D eigenvalue weighted by Gasteiger charge is -2.15. The molecule has 0 spiro atoms. The number of allylic oxidation sites excluding steroid dienone is 1. The van der Waals surface area contributed by atoms with E-state index in [2.05, 4.69) is 24.1 Å². The number of likely N-dealkylation sites (N-methyl/N-ethyl adjacent to an activating group) is 1. The second-order valence-electron chi connectivity index (χ2n) is 3.73. The van der Waals surface area contributed by atoms with Crippen molar-refractivity contribution in [3.05, 3.63) is 12.2 Å². The van der Waals surface area contributed by atoms with Gasteiger partial charge in [0.2, 0.25) is 0 Å². The Hall–Kier alpha value is -0.950. The number of alkyl halides is 3. The van der Waals surface area contributed by atoms with Gasteiger partial charge < -0.3 is 5.32 Å². The minimum absolute atomic E-state index is 0.563. The summed E-state index contributed by atoms with van der Waals surface area (Å²) in [5.74, 6) is 5.94. The molecule has 4 heteroatoms. The van der Waals surface area contributed by atoms with Crippen molar-refractivity contribution in [2.45, 2.75) is 51.2 Å². The second-order valence-corrected chi connectivity index (χ2v) is 3.73. The third-order valence-corrected chi connectivity index (χ3v) is 2.21. The van der Waals surface area contributed by atoms with Crippen molar-refractivity contribution in [3.8, 4) is 11.8 Å². The minimum atomic E-state index is -4.22. The molecule has 17 heavy (non-hydrogen) atoms. The topological polar surface area (TPSA) is 12.0 Å². The lowest BCUT2D eigenvalue weighted by atomic mass is 10.2. The van der Waals surface area contributed by atoms with Crippen LogP contribution >= 0.6 is 0 Å². The van der Waals surface area contributed by atoms with Crippen LogP contribution in [0.3, 0.4) is 0 Å². The number of nitrogens with one attached hydrogen (secondary N) is 1. The molecule has 0 aromatic rings. The molecule has 1 N–H and O–H groups in total. The highest BCUT2D eigenvalue weighted by Crippen LogP contribution is 2.20. The van der Waals surface area contributed by atoms with Gasteiger partial charge in [-0.25, -0.2) is 0 Å². The molecule has 0 aliphatic rings. The van der Waals surface area contributed by atoms with Gasteiger partial charge in [-0.2, -0.15) is 13.2 Å². The highest BCUT2D eigenvalue weighted by Gasteiger charge is 2.36. The van der Waals surface area contributed by atoms with Crippen LogP contribution in [0.1, 0.15) is 39.0 Å². The van der Waals surface area contributed by atoms with E-state index in [1.54, 1.807) is 0 Å². The molecule has 0 amide bonds. The van der Waals surface area contributed by atoms with Gasteiger partial charge in [-0.1, -0.05) is 25.5 Å². The number of halogens is 3. The molecule has 0 aromatic heterocycles. The maximum Gasteiger partial charge on any atom is 0.407 e. The van der Waals surface area contributed by atoms with Crippen LogP contribution in [0.15, 0.2) is 12.2 Å². The molecule has 0 saturated carbocycles. The largest absolute Gasteiger partial charge is 0.407 e. The van der Waals surface area contributed by atoms with Gasteiger partial charge in [0.25, 0.3) is 0 Å². The smallest absolute Gasteiger partial charge is 0.306 e. The van der Waals surface area contributed by atoms with Gasteiger partial charge in [-0.15, -0.1) is 11.8 Å². The van der Waals surface area contributed by atoms with Crippen LogP contribution in [0.2, 0.25) is 0 Å². The lowest BCUT2D eigenvalue weighted by molar-refractivity contribution is -0.143. The highest BCUT2D eigenvalue weighted by atomic mass is 19.4. The second kappa shape index (κ2) is 9.12. The predicted octanol–water partition coefficient (Wildman–Crippen LogP) is 3.67. The van der Waals surface area contributed by atoms with E-state index in [0.29, 0.717) is 12.8 Å². The third-order valence-electron chi connectivity index (χ3n) is 2.21. The van der Waals surface area contributed by atoms with E-state index in [-0.39, 0.29) is 0 Å². The Morgan fingerprint density at radius 3 is 2.41 bits per heavy atom. The van der Waals surface area contributed by atoms with Crippen LogP contribution in [0.5, 0.6) is 0 Å². The first kappa shape index (κ1) is 16.1. The third kappa shape index (κ3) is 8.82. The number of unbranched alkanes of at least 4 members (excludes halogenated alkanes) is 3. The first-order valence-electron chi connectivity index (χ1n) is 5.88.